The van der Waals surface area contributed by atoms with E-state index in [2.05, 4.69) is 5.32 Å². The monoisotopic (exact) mass is 440 g/mol. The molecule has 1 unspecified atom stereocenters. The highest BCUT2D eigenvalue weighted by Crippen LogP contribution is 2.34. The zero-order chi connectivity index (χ0) is 21.8. The van der Waals surface area contributed by atoms with Crippen LogP contribution in [-0.4, -0.2) is 43.0 Å². The number of hydrogen-bond acceptors (Lipinski definition) is 4. The molecule has 1 atom stereocenters. The molecule has 1 N–H and O–H groups in total. The fraction of sp³-hybridized carbons (Fsp3) is 0.333. The number of likely N-dealkylation sites (tertiary alicyclic amines) is 1. The first kappa shape index (κ1) is 21.3. The zero-order valence-electron chi connectivity index (χ0n) is 17.4. The Labute approximate surface area is 184 Å². The van der Waals surface area contributed by atoms with E-state index in [1.54, 1.807) is 7.05 Å². The van der Waals surface area contributed by atoms with E-state index >= 15 is 0 Å². The molecule has 162 valence electrons. The molecule has 2 aromatic carbocycles. The van der Waals surface area contributed by atoms with Crippen LogP contribution in [0.3, 0.4) is 0 Å². The standard InChI is InChI=1S/C24H25FN2O3S/c1-26-24(29)23-20(19-7-2-3-8-21(19)31-23)14-17-6-4-5-13-27(17)22(28)15-30-18-11-9-16(25)10-12-18/h2-3,7-12,17H,4-6,13-15H2,1H3,(H,26,29). The smallest absolute Gasteiger partial charge is 0.261 e. The van der Waals surface area contributed by atoms with Gasteiger partial charge in [-0.2, -0.15) is 0 Å². The van der Waals surface area contributed by atoms with Crippen LogP contribution in [0.4, 0.5) is 4.39 Å². The Morgan fingerprint density at radius 3 is 2.71 bits per heavy atom. The van der Waals surface area contributed by atoms with Crippen LogP contribution in [0, 0.1) is 5.82 Å². The molecular weight excluding hydrogens is 415 g/mol. The highest BCUT2D eigenvalue weighted by atomic mass is 32.1. The maximum atomic E-state index is 13.1. The molecule has 0 spiro atoms. The first-order valence-electron chi connectivity index (χ1n) is 10.5. The number of benzene rings is 2. The van der Waals surface area contributed by atoms with E-state index in [1.807, 2.05) is 29.2 Å². The number of carbonyl (C=O) groups is 2. The van der Waals surface area contributed by atoms with E-state index in [4.69, 9.17) is 4.74 Å². The minimum absolute atomic E-state index is 0.0134. The summed E-state index contributed by atoms with van der Waals surface area (Å²) in [4.78, 5) is 28.1. The molecule has 0 saturated carbocycles. The summed E-state index contributed by atoms with van der Waals surface area (Å²) in [6, 6.07) is 13.7. The SMILES string of the molecule is CNC(=O)c1sc2ccccc2c1CC1CCCCN1C(=O)COc1ccc(F)cc1. The summed E-state index contributed by atoms with van der Waals surface area (Å²) >= 11 is 1.49. The number of nitrogens with zero attached hydrogens (tertiary/aromatic N) is 1. The summed E-state index contributed by atoms with van der Waals surface area (Å²) in [7, 11) is 1.64. The Morgan fingerprint density at radius 1 is 1.16 bits per heavy atom. The third-order valence-corrected chi connectivity index (χ3v) is 6.91. The first-order valence-corrected chi connectivity index (χ1v) is 11.3. The average Bonchev–Trinajstić information content (AvgIpc) is 3.17. The van der Waals surface area contributed by atoms with E-state index in [0.29, 0.717) is 23.6 Å². The fourth-order valence-electron chi connectivity index (χ4n) is 4.13. The van der Waals surface area contributed by atoms with E-state index in [9.17, 15) is 14.0 Å². The summed E-state index contributed by atoms with van der Waals surface area (Å²) in [5.41, 5.74) is 1.00. The maximum Gasteiger partial charge on any atom is 0.261 e. The number of halogens is 1. The average molecular weight is 441 g/mol. The molecule has 1 aliphatic rings. The Kier molecular flexibility index (Phi) is 6.51. The highest BCUT2D eigenvalue weighted by molar-refractivity contribution is 7.21. The van der Waals surface area contributed by atoms with Crippen LogP contribution in [0.25, 0.3) is 10.1 Å². The van der Waals surface area contributed by atoms with Gasteiger partial charge in [-0.3, -0.25) is 9.59 Å². The predicted octanol–water partition coefficient (Wildman–Crippen LogP) is 4.40. The summed E-state index contributed by atoms with van der Waals surface area (Å²) in [5, 5.41) is 3.82. The highest BCUT2D eigenvalue weighted by Gasteiger charge is 2.29. The molecular formula is C24H25FN2O3S. The van der Waals surface area contributed by atoms with Crippen molar-refractivity contribution in [2.24, 2.45) is 0 Å². The van der Waals surface area contributed by atoms with Crippen LogP contribution in [0.2, 0.25) is 0 Å². The molecule has 1 saturated heterocycles. The first-order chi connectivity index (χ1) is 15.1. The van der Waals surface area contributed by atoms with Crippen molar-refractivity contribution in [3.05, 3.63) is 64.8 Å². The number of fused-ring (bicyclic) bond motifs is 1. The zero-order valence-corrected chi connectivity index (χ0v) is 18.2. The van der Waals surface area contributed by atoms with Crippen LogP contribution in [0.5, 0.6) is 5.75 Å². The van der Waals surface area contributed by atoms with Gasteiger partial charge in [-0.05, 0) is 67.0 Å². The lowest BCUT2D eigenvalue weighted by Gasteiger charge is -2.36. The number of amides is 2. The summed E-state index contributed by atoms with van der Waals surface area (Å²) in [6.45, 7) is 0.586. The minimum Gasteiger partial charge on any atom is -0.484 e. The topological polar surface area (TPSA) is 58.6 Å². The van der Waals surface area contributed by atoms with Gasteiger partial charge in [0.1, 0.15) is 11.6 Å². The second-order valence-corrected chi connectivity index (χ2v) is 8.72. The molecule has 31 heavy (non-hydrogen) atoms. The molecule has 4 rings (SSSR count). The Bertz CT molecular complexity index is 1080. The molecule has 3 aromatic rings. The van der Waals surface area contributed by atoms with Gasteiger partial charge in [0.2, 0.25) is 0 Å². The number of thiophene rings is 1. The van der Waals surface area contributed by atoms with Gasteiger partial charge in [-0.25, -0.2) is 4.39 Å². The van der Waals surface area contributed by atoms with Gasteiger partial charge in [0.05, 0.1) is 4.88 Å². The number of hydrogen-bond donors (Lipinski definition) is 1. The largest absolute Gasteiger partial charge is 0.484 e. The van der Waals surface area contributed by atoms with Crippen LogP contribution in [-0.2, 0) is 11.2 Å². The lowest BCUT2D eigenvalue weighted by Crippen LogP contribution is -2.47. The normalized spacial score (nSPS) is 16.3. The van der Waals surface area contributed by atoms with Crippen LogP contribution < -0.4 is 10.1 Å². The van der Waals surface area contributed by atoms with Gasteiger partial charge in [0.15, 0.2) is 6.61 Å². The van der Waals surface area contributed by atoms with E-state index < -0.39 is 0 Å². The molecule has 1 fully saturated rings. The molecule has 0 bridgehead atoms. The summed E-state index contributed by atoms with van der Waals surface area (Å²) < 4.78 is 19.7. The fourth-order valence-corrected chi connectivity index (χ4v) is 5.31. The number of rotatable bonds is 6. The number of carbonyl (C=O) groups excluding carboxylic acids is 2. The minimum atomic E-state index is -0.343. The van der Waals surface area contributed by atoms with Crippen molar-refractivity contribution >= 4 is 33.2 Å². The lowest BCUT2D eigenvalue weighted by molar-refractivity contribution is -0.137. The van der Waals surface area contributed by atoms with Gasteiger partial charge >= 0.3 is 0 Å². The van der Waals surface area contributed by atoms with Gasteiger partial charge in [-0.15, -0.1) is 11.3 Å². The van der Waals surface area contributed by atoms with Gasteiger partial charge < -0.3 is 15.0 Å². The van der Waals surface area contributed by atoms with Crippen molar-refractivity contribution < 1.29 is 18.7 Å². The number of ether oxygens (including phenoxy) is 1. The van der Waals surface area contributed by atoms with Crippen LogP contribution >= 0.6 is 11.3 Å². The molecule has 5 nitrogen and oxygen atoms in total. The molecule has 2 heterocycles. The Morgan fingerprint density at radius 2 is 1.94 bits per heavy atom. The predicted molar refractivity (Wildman–Crippen MR) is 120 cm³/mol. The van der Waals surface area contributed by atoms with Crippen molar-refractivity contribution in [3.63, 3.8) is 0 Å². The van der Waals surface area contributed by atoms with Crippen LogP contribution in [0.1, 0.15) is 34.5 Å². The summed E-state index contributed by atoms with van der Waals surface area (Å²) in [6.07, 6.45) is 3.52. The second kappa shape index (κ2) is 9.47. The van der Waals surface area contributed by atoms with E-state index in [-0.39, 0.29) is 30.3 Å². The molecule has 2 amide bonds. The molecule has 1 aromatic heterocycles. The number of nitrogens with one attached hydrogen (secondary N) is 1. The molecule has 0 radical (unpaired) electrons. The maximum absolute atomic E-state index is 13.1. The third kappa shape index (κ3) is 4.71. The van der Waals surface area contributed by atoms with Gasteiger partial charge in [-0.1, -0.05) is 18.2 Å². The van der Waals surface area contributed by atoms with Gasteiger partial charge in [0.25, 0.3) is 11.8 Å². The van der Waals surface area contributed by atoms with Crippen molar-refractivity contribution in [3.8, 4) is 5.75 Å². The van der Waals surface area contributed by atoms with Crippen molar-refractivity contribution in [2.75, 3.05) is 20.2 Å². The second-order valence-electron chi connectivity index (χ2n) is 7.67. The Balaban J connectivity index is 1.53. The molecule has 1 aliphatic heterocycles. The van der Waals surface area contributed by atoms with E-state index in [1.165, 1.54) is 35.6 Å². The number of piperidine rings is 1. The van der Waals surface area contributed by atoms with Gasteiger partial charge in [0, 0.05) is 24.3 Å². The van der Waals surface area contributed by atoms with Crippen molar-refractivity contribution in [2.45, 2.75) is 31.7 Å². The molecule has 0 aliphatic carbocycles. The van der Waals surface area contributed by atoms with E-state index in [0.717, 1.165) is 34.9 Å². The Hall–Kier alpha value is -2.93. The third-order valence-electron chi connectivity index (χ3n) is 5.69. The van der Waals surface area contributed by atoms with Crippen molar-refractivity contribution in [1.82, 2.24) is 10.2 Å². The lowest BCUT2D eigenvalue weighted by atomic mass is 9.94. The van der Waals surface area contributed by atoms with Crippen molar-refractivity contribution in [1.29, 1.82) is 0 Å². The summed E-state index contributed by atoms with van der Waals surface area (Å²) in [5.74, 6) is -0.0571. The van der Waals surface area contributed by atoms with Crippen LogP contribution in [0.15, 0.2) is 48.5 Å². The quantitative estimate of drug-likeness (QED) is 0.618. The molecule has 7 heteroatoms.